The van der Waals surface area contributed by atoms with Gasteiger partial charge in [0.1, 0.15) is 12.2 Å². The SMILES string of the molecule is COC(=O)CC(C)(C)C(=O)O[C@H]1C[C@@H](C)C=C2C=C[C@H](C)[C@H](CC[C@@H]3C[C@@H](O[SiH2]C(C)(C)C(C)C)CC(=O)O3)[C@H]21. The van der Waals surface area contributed by atoms with Gasteiger partial charge in [0.2, 0.25) is 0 Å². The van der Waals surface area contributed by atoms with Gasteiger partial charge in [-0.25, -0.2) is 0 Å². The Bertz CT molecular complexity index is 982. The van der Waals surface area contributed by atoms with Crippen LogP contribution in [0.15, 0.2) is 23.8 Å². The number of hydrogen-bond donors (Lipinski definition) is 0. The lowest BCUT2D eigenvalue weighted by atomic mass is 9.65. The van der Waals surface area contributed by atoms with Gasteiger partial charge in [-0.05, 0) is 67.4 Å². The molecule has 0 saturated carbocycles. The summed E-state index contributed by atoms with van der Waals surface area (Å²) in [6, 6.07) is 0. The third-order valence-electron chi connectivity index (χ3n) is 9.51. The molecule has 8 heteroatoms. The molecule has 2 aliphatic carbocycles. The van der Waals surface area contributed by atoms with E-state index in [2.05, 4.69) is 59.8 Å². The van der Waals surface area contributed by atoms with Gasteiger partial charge < -0.3 is 18.6 Å². The molecule has 7 nitrogen and oxygen atoms in total. The molecule has 0 aromatic heterocycles. The molecule has 0 N–H and O–H groups in total. The topological polar surface area (TPSA) is 88.1 Å². The van der Waals surface area contributed by atoms with Gasteiger partial charge in [-0.3, -0.25) is 14.4 Å². The largest absolute Gasteiger partial charge is 0.469 e. The van der Waals surface area contributed by atoms with E-state index in [4.69, 9.17) is 18.6 Å². The van der Waals surface area contributed by atoms with Gasteiger partial charge in [-0.1, -0.05) is 59.8 Å². The van der Waals surface area contributed by atoms with Crippen LogP contribution < -0.4 is 0 Å². The van der Waals surface area contributed by atoms with Gasteiger partial charge in [0.15, 0.2) is 9.76 Å². The lowest BCUT2D eigenvalue weighted by molar-refractivity contribution is -0.168. The Balaban J connectivity index is 1.70. The van der Waals surface area contributed by atoms with E-state index < -0.39 is 21.1 Å². The zero-order chi connectivity index (χ0) is 29.8. The van der Waals surface area contributed by atoms with Crippen molar-refractivity contribution in [3.63, 3.8) is 0 Å². The highest BCUT2D eigenvalue weighted by molar-refractivity contribution is 6.32. The Morgan fingerprint density at radius 3 is 2.48 bits per heavy atom. The van der Waals surface area contributed by atoms with Crippen LogP contribution in [0.2, 0.25) is 5.04 Å². The molecule has 40 heavy (non-hydrogen) atoms. The summed E-state index contributed by atoms with van der Waals surface area (Å²) in [6.07, 6.45) is 9.69. The summed E-state index contributed by atoms with van der Waals surface area (Å²) in [7, 11) is 0.529. The van der Waals surface area contributed by atoms with Crippen LogP contribution in [0.4, 0.5) is 0 Å². The minimum Gasteiger partial charge on any atom is -0.469 e. The Morgan fingerprint density at radius 1 is 1.12 bits per heavy atom. The molecule has 1 saturated heterocycles. The van der Waals surface area contributed by atoms with Gasteiger partial charge in [0.05, 0.1) is 31.5 Å². The molecule has 1 aliphatic heterocycles. The monoisotopic (exact) mass is 576 g/mol. The van der Waals surface area contributed by atoms with Crippen molar-refractivity contribution in [1.82, 2.24) is 0 Å². The minimum atomic E-state index is -0.970. The van der Waals surface area contributed by atoms with Crippen LogP contribution in [0.3, 0.4) is 0 Å². The molecule has 0 aromatic rings. The molecule has 226 valence electrons. The van der Waals surface area contributed by atoms with Crippen LogP contribution in [-0.4, -0.2) is 53.1 Å². The van der Waals surface area contributed by atoms with Crippen LogP contribution in [0.1, 0.15) is 93.9 Å². The molecule has 0 spiro atoms. The Labute approximate surface area is 243 Å². The molecule has 0 aromatic carbocycles. The Hall–Kier alpha value is -1.93. The van der Waals surface area contributed by atoms with Crippen molar-refractivity contribution in [2.45, 2.75) is 117 Å². The van der Waals surface area contributed by atoms with Crippen LogP contribution in [0.5, 0.6) is 0 Å². The van der Waals surface area contributed by atoms with Crippen molar-refractivity contribution >= 4 is 27.7 Å². The van der Waals surface area contributed by atoms with Crippen LogP contribution in [0, 0.1) is 35.0 Å². The molecule has 0 bridgehead atoms. The van der Waals surface area contributed by atoms with Crippen LogP contribution in [0.25, 0.3) is 0 Å². The van der Waals surface area contributed by atoms with Crippen LogP contribution in [-0.2, 0) is 33.0 Å². The second-order valence-corrected chi connectivity index (χ2v) is 16.5. The van der Waals surface area contributed by atoms with E-state index in [-0.39, 0.29) is 59.5 Å². The summed E-state index contributed by atoms with van der Waals surface area (Å²) in [5.41, 5.74) is 0.247. The van der Waals surface area contributed by atoms with E-state index >= 15 is 0 Å². The first kappa shape index (κ1) is 32.6. The summed E-state index contributed by atoms with van der Waals surface area (Å²) in [4.78, 5) is 37.7. The van der Waals surface area contributed by atoms with E-state index in [1.807, 2.05) is 0 Å². The van der Waals surface area contributed by atoms with Crippen molar-refractivity contribution in [3.05, 3.63) is 23.8 Å². The number of carbonyl (C=O) groups excluding carboxylic acids is 3. The van der Waals surface area contributed by atoms with Gasteiger partial charge in [-0.15, -0.1) is 0 Å². The molecule has 0 unspecified atom stereocenters. The normalized spacial score (nSPS) is 31.1. The molecular formula is C32H52O7Si. The molecule has 1 fully saturated rings. The van der Waals surface area contributed by atoms with Crippen molar-refractivity contribution in [3.8, 4) is 0 Å². The fourth-order valence-electron chi connectivity index (χ4n) is 6.05. The lowest BCUT2D eigenvalue weighted by Gasteiger charge is -2.44. The predicted octanol–water partition coefficient (Wildman–Crippen LogP) is 5.70. The highest BCUT2D eigenvalue weighted by Crippen LogP contribution is 2.46. The number of methoxy groups -OCH3 is 1. The number of cyclic esters (lactones) is 1. The number of carbonyl (C=O) groups is 3. The molecule has 0 radical (unpaired) electrons. The molecule has 0 amide bonds. The average molecular weight is 577 g/mol. The van der Waals surface area contributed by atoms with Gasteiger partial charge in [-0.2, -0.15) is 0 Å². The fraction of sp³-hybridized carbons (Fsp3) is 0.781. The Kier molecular flexibility index (Phi) is 10.9. The van der Waals surface area contributed by atoms with Crippen molar-refractivity contribution in [2.75, 3.05) is 7.11 Å². The summed E-state index contributed by atoms with van der Waals surface area (Å²) in [5, 5.41) is 0.180. The highest BCUT2D eigenvalue weighted by Gasteiger charge is 2.44. The molecule has 1 heterocycles. The van der Waals surface area contributed by atoms with Gasteiger partial charge in [0, 0.05) is 12.3 Å². The first-order valence-corrected chi connectivity index (χ1v) is 16.4. The van der Waals surface area contributed by atoms with Gasteiger partial charge >= 0.3 is 17.9 Å². The third-order valence-corrected chi connectivity index (χ3v) is 11.7. The molecular weight excluding hydrogens is 524 g/mol. The number of hydrogen-bond acceptors (Lipinski definition) is 7. The first-order chi connectivity index (χ1) is 18.6. The third kappa shape index (κ3) is 8.31. The second kappa shape index (κ2) is 13.4. The number of esters is 3. The zero-order valence-corrected chi connectivity index (χ0v) is 27.6. The average Bonchev–Trinajstić information content (AvgIpc) is 2.86. The van der Waals surface area contributed by atoms with E-state index in [0.29, 0.717) is 18.3 Å². The number of rotatable bonds is 11. The molecule has 3 rings (SSSR count). The smallest absolute Gasteiger partial charge is 0.312 e. The lowest BCUT2D eigenvalue weighted by Crippen LogP contribution is -2.43. The van der Waals surface area contributed by atoms with E-state index in [0.717, 1.165) is 25.7 Å². The Morgan fingerprint density at radius 2 is 1.82 bits per heavy atom. The van der Waals surface area contributed by atoms with Gasteiger partial charge in [0.25, 0.3) is 0 Å². The van der Waals surface area contributed by atoms with E-state index in [9.17, 15) is 14.4 Å². The quantitative estimate of drug-likeness (QED) is 0.177. The van der Waals surface area contributed by atoms with E-state index in [1.165, 1.54) is 12.7 Å². The standard InChI is InChI=1S/C32H52O7Si/c1-19(2)32(7,8)40-39-24-16-23(37-27(33)17-24)12-13-25-21(4)10-11-22-14-20(3)15-26(29(22)25)38-30(35)31(5,6)18-28(34)36-9/h10-11,14,19-21,23-26,29H,12-13,15-18,40H2,1-9H3/t20-,21-,23+,24+,25-,26-,29-/m0/s1. The maximum absolute atomic E-state index is 13.3. The fourth-order valence-corrected chi connectivity index (χ4v) is 7.30. The summed E-state index contributed by atoms with van der Waals surface area (Å²) < 4.78 is 23.2. The molecule has 3 aliphatic rings. The zero-order valence-electron chi connectivity index (χ0n) is 26.2. The van der Waals surface area contributed by atoms with Crippen molar-refractivity contribution < 1.29 is 33.0 Å². The number of allylic oxidation sites excluding steroid dienone is 3. The predicted molar refractivity (Wildman–Crippen MR) is 158 cm³/mol. The second-order valence-electron chi connectivity index (χ2n) is 14.1. The minimum absolute atomic E-state index is 0.0226. The highest BCUT2D eigenvalue weighted by atomic mass is 28.2. The number of fused-ring (bicyclic) bond motifs is 1. The summed E-state index contributed by atoms with van der Waals surface area (Å²) in [6.45, 7) is 16.8. The molecule has 7 atom stereocenters. The number of ether oxygens (including phenoxy) is 3. The maximum Gasteiger partial charge on any atom is 0.312 e. The van der Waals surface area contributed by atoms with Crippen molar-refractivity contribution in [1.29, 1.82) is 0 Å². The van der Waals surface area contributed by atoms with Crippen molar-refractivity contribution in [2.24, 2.45) is 35.0 Å². The van der Waals surface area contributed by atoms with Crippen LogP contribution >= 0.6 is 0 Å². The summed E-state index contributed by atoms with van der Waals surface area (Å²) >= 11 is 0. The maximum atomic E-state index is 13.3. The first-order valence-electron chi connectivity index (χ1n) is 15.1. The van der Waals surface area contributed by atoms with E-state index in [1.54, 1.807) is 13.8 Å². The summed E-state index contributed by atoms with van der Waals surface area (Å²) in [5.74, 6) is 0.478.